The summed E-state index contributed by atoms with van der Waals surface area (Å²) in [5.41, 5.74) is 0. The molecule has 1 amide bonds. The first-order valence-electron chi connectivity index (χ1n) is 11.7. The summed E-state index contributed by atoms with van der Waals surface area (Å²) in [4.78, 5) is 14.8. The average Bonchev–Trinajstić information content (AvgIpc) is 3.36. The lowest BCUT2D eigenvalue weighted by Crippen LogP contribution is -2.48. The molecule has 1 aliphatic carbocycles. The maximum absolute atomic E-state index is 12.8. The van der Waals surface area contributed by atoms with Crippen molar-refractivity contribution in [2.24, 2.45) is 5.92 Å². The van der Waals surface area contributed by atoms with E-state index in [2.05, 4.69) is 4.72 Å². The van der Waals surface area contributed by atoms with Crippen molar-refractivity contribution in [3.63, 3.8) is 0 Å². The van der Waals surface area contributed by atoms with Crippen LogP contribution < -0.4 is 4.72 Å². The lowest BCUT2D eigenvalue weighted by molar-refractivity contribution is -0.137. The van der Waals surface area contributed by atoms with Gasteiger partial charge in [0.05, 0.1) is 9.79 Å². The molecule has 0 bridgehead atoms. The molecule has 2 heterocycles. The van der Waals surface area contributed by atoms with E-state index in [9.17, 15) is 21.6 Å². The van der Waals surface area contributed by atoms with E-state index in [0.29, 0.717) is 39.0 Å². The monoisotopic (exact) mass is 483 g/mol. The molecule has 0 atom stereocenters. The number of piperidine rings is 1. The predicted molar refractivity (Wildman–Crippen MR) is 121 cm³/mol. The number of rotatable bonds is 6. The van der Waals surface area contributed by atoms with E-state index in [4.69, 9.17) is 0 Å². The lowest BCUT2D eigenvalue weighted by Gasteiger charge is -2.35. The van der Waals surface area contributed by atoms with Crippen molar-refractivity contribution in [3.8, 4) is 0 Å². The second kappa shape index (κ2) is 9.79. The fourth-order valence-electron chi connectivity index (χ4n) is 4.98. The van der Waals surface area contributed by atoms with Gasteiger partial charge in [0, 0.05) is 38.1 Å². The largest absolute Gasteiger partial charge is 0.342 e. The number of benzene rings is 1. The smallest absolute Gasteiger partial charge is 0.243 e. The molecule has 0 spiro atoms. The summed E-state index contributed by atoms with van der Waals surface area (Å²) in [5.74, 6) is 0.355. The highest BCUT2D eigenvalue weighted by Crippen LogP contribution is 2.27. The number of hydrogen-bond acceptors (Lipinski definition) is 5. The number of nitrogens with zero attached hydrogens (tertiary/aromatic N) is 2. The van der Waals surface area contributed by atoms with Crippen LogP contribution in [0.4, 0.5) is 0 Å². The normalized spacial score (nSPS) is 22.3. The number of likely N-dealkylation sites (tertiary alicyclic amines) is 1. The molecule has 2 saturated heterocycles. The molecule has 0 radical (unpaired) electrons. The van der Waals surface area contributed by atoms with Crippen molar-refractivity contribution in [1.82, 2.24) is 13.9 Å². The van der Waals surface area contributed by atoms with Gasteiger partial charge >= 0.3 is 0 Å². The van der Waals surface area contributed by atoms with E-state index >= 15 is 0 Å². The molecular formula is C22H33N3O5S2. The first kappa shape index (κ1) is 23.7. The minimum Gasteiger partial charge on any atom is -0.342 e. The van der Waals surface area contributed by atoms with Crippen LogP contribution in [0.15, 0.2) is 34.1 Å². The van der Waals surface area contributed by atoms with Gasteiger partial charge in [-0.1, -0.05) is 19.3 Å². The van der Waals surface area contributed by atoms with E-state index in [0.717, 1.165) is 38.5 Å². The molecule has 8 nitrogen and oxygen atoms in total. The van der Waals surface area contributed by atoms with Gasteiger partial charge < -0.3 is 4.90 Å². The van der Waals surface area contributed by atoms with Crippen molar-refractivity contribution < 1.29 is 21.6 Å². The van der Waals surface area contributed by atoms with Crippen LogP contribution in [-0.4, -0.2) is 64.2 Å². The summed E-state index contributed by atoms with van der Waals surface area (Å²) in [6, 6.07) is 5.21. The molecule has 1 N–H and O–H groups in total. The van der Waals surface area contributed by atoms with Gasteiger partial charge in [-0.2, -0.15) is 4.31 Å². The zero-order valence-corrected chi connectivity index (χ0v) is 20.0. The zero-order valence-electron chi connectivity index (χ0n) is 18.4. The van der Waals surface area contributed by atoms with Gasteiger partial charge in [-0.05, 0) is 62.8 Å². The lowest BCUT2D eigenvalue weighted by atomic mass is 9.87. The van der Waals surface area contributed by atoms with Crippen molar-refractivity contribution in [2.45, 2.75) is 73.6 Å². The topological polar surface area (TPSA) is 104 Å². The summed E-state index contributed by atoms with van der Waals surface area (Å²) in [5, 5.41) is 0. The molecule has 32 heavy (non-hydrogen) atoms. The summed E-state index contributed by atoms with van der Waals surface area (Å²) >= 11 is 0. The van der Waals surface area contributed by atoms with Crippen LogP contribution in [0, 0.1) is 5.92 Å². The molecule has 3 aliphatic rings. The molecule has 0 aromatic heterocycles. The summed E-state index contributed by atoms with van der Waals surface area (Å²) in [7, 11) is -7.33. The first-order valence-corrected chi connectivity index (χ1v) is 14.6. The number of amides is 1. The van der Waals surface area contributed by atoms with Gasteiger partial charge in [-0.3, -0.25) is 4.79 Å². The van der Waals surface area contributed by atoms with Crippen LogP contribution >= 0.6 is 0 Å². The minimum atomic E-state index is -3.76. The number of carbonyl (C=O) groups is 1. The molecule has 178 valence electrons. The van der Waals surface area contributed by atoms with Gasteiger partial charge in [0.1, 0.15) is 0 Å². The summed E-state index contributed by atoms with van der Waals surface area (Å²) < 4.78 is 55.1. The molecule has 0 unspecified atom stereocenters. The van der Waals surface area contributed by atoms with E-state index < -0.39 is 20.0 Å². The molecule has 1 saturated carbocycles. The second-order valence-electron chi connectivity index (χ2n) is 9.14. The van der Waals surface area contributed by atoms with E-state index in [1.54, 1.807) is 0 Å². The van der Waals surface area contributed by atoms with Crippen molar-refractivity contribution >= 4 is 26.0 Å². The van der Waals surface area contributed by atoms with Crippen molar-refractivity contribution in [1.29, 1.82) is 0 Å². The van der Waals surface area contributed by atoms with Gasteiger partial charge in [0.15, 0.2) is 0 Å². The van der Waals surface area contributed by atoms with Crippen LogP contribution in [0.2, 0.25) is 0 Å². The third kappa shape index (κ3) is 5.18. The van der Waals surface area contributed by atoms with E-state index in [-0.39, 0.29) is 27.7 Å². The summed E-state index contributed by atoms with van der Waals surface area (Å²) in [6.45, 7) is 2.14. The van der Waals surface area contributed by atoms with Crippen molar-refractivity contribution in [2.75, 3.05) is 26.2 Å². The van der Waals surface area contributed by atoms with E-state index in [1.165, 1.54) is 35.0 Å². The summed E-state index contributed by atoms with van der Waals surface area (Å²) in [6.07, 6.45) is 8.23. The Balaban J connectivity index is 1.34. The second-order valence-corrected chi connectivity index (χ2v) is 12.8. The SMILES string of the molecule is O=C(C1CCCCC1)N1CCC(NS(=O)(=O)c2ccc(S(=O)(=O)N3CCCC3)cc2)CC1. The van der Waals surface area contributed by atoms with Gasteiger partial charge in [-0.15, -0.1) is 0 Å². The molecule has 2 aliphatic heterocycles. The Labute approximate surface area is 191 Å². The van der Waals surface area contributed by atoms with Gasteiger partial charge in [0.25, 0.3) is 0 Å². The molecule has 1 aromatic carbocycles. The highest BCUT2D eigenvalue weighted by atomic mass is 32.2. The van der Waals surface area contributed by atoms with Crippen LogP contribution in [0.5, 0.6) is 0 Å². The maximum Gasteiger partial charge on any atom is 0.243 e. The standard InChI is InChI=1S/C22H33N3O5S2/c26-22(18-6-2-1-3-7-18)24-16-12-19(13-17-24)23-31(27,28)20-8-10-21(11-9-20)32(29,30)25-14-4-5-15-25/h8-11,18-19,23H,1-7,12-17H2. The Bertz CT molecular complexity index is 1000. The minimum absolute atomic E-state index is 0.0542. The Morgan fingerprint density at radius 3 is 1.91 bits per heavy atom. The first-order chi connectivity index (χ1) is 15.3. The Hall–Kier alpha value is -1.49. The highest BCUT2D eigenvalue weighted by Gasteiger charge is 2.31. The van der Waals surface area contributed by atoms with Gasteiger partial charge in [-0.25, -0.2) is 21.6 Å². The van der Waals surface area contributed by atoms with Crippen LogP contribution in [0.1, 0.15) is 57.8 Å². The Morgan fingerprint density at radius 1 is 0.750 bits per heavy atom. The fourth-order valence-corrected chi connectivity index (χ4v) is 7.80. The molecule has 10 heteroatoms. The molecule has 1 aromatic rings. The highest BCUT2D eigenvalue weighted by molar-refractivity contribution is 7.89. The van der Waals surface area contributed by atoms with Crippen molar-refractivity contribution in [3.05, 3.63) is 24.3 Å². The van der Waals surface area contributed by atoms with Crippen LogP contribution in [0.3, 0.4) is 0 Å². The Morgan fingerprint density at radius 2 is 1.31 bits per heavy atom. The maximum atomic E-state index is 12.8. The number of hydrogen-bond donors (Lipinski definition) is 1. The zero-order chi connectivity index (χ0) is 22.8. The van der Waals surface area contributed by atoms with Gasteiger partial charge in [0.2, 0.25) is 26.0 Å². The van der Waals surface area contributed by atoms with E-state index in [1.807, 2.05) is 4.90 Å². The molecular weight excluding hydrogens is 450 g/mol. The third-order valence-electron chi connectivity index (χ3n) is 6.92. The fraction of sp³-hybridized carbons (Fsp3) is 0.682. The van der Waals surface area contributed by atoms with Crippen LogP contribution in [-0.2, 0) is 24.8 Å². The molecule has 4 rings (SSSR count). The number of nitrogens with one attached hydrogen (secondary N) is 1. The predicted octanol–water partition coefficient (Wildman–Crippen LogP) is 2.32. The number of sulfonamides is 2. The third-order valence-corrected chi connectivity index (χ3v) is 10.4. The quantitative estimate of drug-likeness (QED) is 0.669. The van der Waals surface area contributed by atoms with Crippen LogP contribution in [0.25, 0.3) is 0 Å². The average molecular weight is 484 g/mol. The Kier molecular flexibility index (Phi) is 7.24. The number of carbonyl (C=O) groups excluding carboxylic acids is 1. The molecule has 3 fully saturated rings.